The molecule has 0 spiro atoms. The molecule has 2 aromatic carbocycles. The summed E-state index contributed by atoms with van der Waals surface area (Å²) in [6, 6.07) is 7.63. The van der Waals surface area contributed by atoms with E-state index >= 15 is 0 Å². The quantitative estimate of drug-likeness (QED) is 0.495. The molecule has 0 aliphatic heterocycles. The topological polar surface area (TPSA) is 108 Å². The number of phenols is 1. The van der Waals surface area contributed by atoms with Crippen LogP contribution in [0.1, 0.15) is 51.7 Å². The summed E-state index contributed by atoms with van der Waals surface area (Å²) >= 11 is 0. The van der Waals surface area contributed by atoms with Crippen LogP contribution in [-0.2, 0) is 15.5 Å². The average Bonchev–Trinajstić information content (AvgIpc) is 2.95. The number of hydrogen-bond acceptors (Lipinski definition) is 6. The summed E-state index contributed by atoms with van der Waals surface area (Å²) in [4.78, 5) is 0.917. The fourth-order valence-electron chi connectivity index (χ4n) is 2.82. The van der Waals surface area contributed by atoms with Gasteiger partial charge in [0.2, 0.25) is 0 Å². The maximum atomic E-state index is 11.2. The molecule has 0 saturated heterocycles. The molecule has 3 aromatic rings. The first-order chi connectivity index (χ1) is 12.4. The van der Waals surface area contributed by atoms with Gasteiger partial charge in [-0.3, -0.25) is 0 Å². The predicted octanol–water partition coefficient (Wildman–Crippen LogP) is 0.455. The van der Waals surface area contributed by atoms with Crippen LogP contribution in [0.2, 0.25) is 0 Å². The van der Waals surface area contributed by atoms with Gasteiger partial charge in [-0.15, -0.1) is 15.0 Å². The molecule has 1 aromatic heterocycles. The molecular formula is C19H22N3NaO4S. The van der Waals surface area contributed by atoms with Crippen molar-refractivity contribution in [3.63, 3.8) is 0 Å². The maximum Gasteiger partial charge on any atom is 1.00 e. The van der Waals surface area contributed by atoms with Gasteiger partial charge in [-0.1, -0.05) is 40.7 Å². The van der Waals surface area contributed by atoms with Crippen LogP contribution in [0.3, 0.4) is 0 Å². The fourth-order valence-corrected chi connectivity index (χ4v) is 3.31. The minimum atomic E-state index is -4.58. The number of rotatable bonds is 3. The zero-order valence-electron chi connectivity index (χ0n) is 16.9. The minimum absolute atomic E-state index is 0. The summed E-state index contributed by atoms with van der Waals surface area (Å²) < 4.78 is 33.7. The Morgan fingerprint density at radius 2 is 1.68 bits per heavy atom. The van der Waals surface area contributed by atoms with Crippen molar-refractivity contribution in [1.82, 2.24) is 15.0 Å². The Labute approximate surface area is 186 Å². The zero-order valence-corrected chi connectivity index (χ0v) is 19.7. The van der Waals surface area contributed by atoms with Gasteiger partial charge in [-0.05, 0) is 46.7 Å². The molecule has 3 rings (SSSR count). The molecule has 144 valence electrons. The second-order valence-electron chi connectivity index (χ2n) is 7.93. The Hall–Kier alpha value is -1.45. The molecule has 1 N–H and O–H groups in total. The number of hydrogen-bond donors (Lipinski definition) is 1. The number of aromatic nitrogens is 3. The van der Waals surface area contributed by atoms with Crippen LogP contribution in [0.4, 0.5) is 0 Å². The Balaban J connectivity index is 0.00000280. The van der Waals surface area contributed by atoms with E-state index in [4.69, 9.17) is 0 Å². The van der Waals surface area contributed by atoms with E-state index in [0.29, 0.717) is 11.2 Å². The molecule has 0 bridgehead atoms. The summed E-state index contributed by atoms with van der Waals surface area (Å²) in [7, 11) is -4.58. The van der Waals surface area contributed by atoms with Gasteiger partial charge in [-0.25, -0.2) is 8.42 Å². The van der Waals surface area contributed by atoms with Crippen molar-refractivity contribution in [2.75, 3.05) is 0 Å². The normalized spacial score (nSPS) is 12.4. The van der Waals surface area contributed by atoms with E-state index in [0.717, 1.165) is 11.1 Å². The largest absolute Gasteiger partial charge is 1.00 e. The average molecular weight is 411 g/mol. The van der Waals surface area contributed by atoms with Crippen LogP contribution in [0, 0.1) is 0 Å². The third-order valence-corrected chi connectivity index (χ3v) is 5.29. The third-order valence-electron chi connectivity index (χ3n) is 4.46. The molecule has 0 atom stereocenters. The van der Waals surface area contributed by atoms with Crippen LogP contribution in [0.25, 0.3) is 16.7 Å². The molecule has 0 unspecified atom stereocenters. The number of phenolic OH excluding ortho intramolecular Hbond substituents is 1. The molecule has 0 aliphatic carbocycles. The van der Waals surface area contributed by atoms with E-state index in [9.17, 15) is 18.1 Å². The van der Waals surface area contributed by atoms with Crippen LogP contribution < -0.4 is 29.6 Å². The van der Waals surface area contributed by atoms with Crippen molar-refractivity contribution in [1.29, 1.82) is 0 Å². The van der Waals surface area contributed by atoms with E-state index in [1.54, 1.807) is 0 Å². The Morgan fingerprint density at radius 3 is 2.21 bits per heavy atom. The first-order valence-electron chi connectivity index (χ1n) is 8.58. The summed E-state index contributed by atoms with van der Waals surface area (Å²) in [5.41, 5.74) is 2.74. The Morgan fingerprint density at radius 1 is 1.07 bits per heavy atom. The standard InChI is InChI=1S/C19H23N3O4S.Na/c1-11(2)14-8-12(19(3,4)5)9-17(18(14)23)22-20-15-7-6-13(27(24,25)26)10-16(15)21-22;/h6-11,23H,1-5H3,(H,24,25,26);/q;+1/p-1. The van der Waals surface area contributed by atoms with Crippen LogP contribution >= 0.6 is 0 Å². The molecule has 0 radical (unpaired) electrons. The molecular weight excluding hydrogens is 389 g/mol. The Kier molecular flexibility index (Phi) is 6.33. The molecule has 7 nitrogen and oxygen atoms in total. The maximum absolute atomic E-state index is 11.2. The van der Waals surface area contributed by atoms with E-state index in [-0.39, 0.29) is 57.1 Å². The van der Waals surface area contributed by atoms with Crippen LogP contribution in [-0.4, -0.2) is 33.1 Å². The van der Waals surface area contributed by atoms with Gasteiger partial charge in [0.15, 0.2) is 0 Å². The molecule has 0 aliphatic rings. The van der Waals surface area contributed by atoms with E-state index in [2.05, 4.69) is 31.0 Å². The van der Waals surface area contributed by atoms with Crippen molar-refractivity contribution in [3.8, 4) is 11.4 Å². The number of nitrogens with zero attached hydrogens (tertiary/aromatic N) is 3. The predicted molar refractivity (Wildman–Crippen MR) is 101 cm³/mol. The number of fused-ring (bicyclic) bond motifs is 1. The summed E-state index contributed by atoms with van der Waals surface area (Å²) in [6.07, 6.45) is 0. The van der Waals surface area contributed by atoms with Crippen molar-refractivity contribution < 1.29 is 47.6 Å². The van der Waals surface area contributed by atoms with E-state index in [1.165, 1.54) is 23.0 Å². The van der Waals surface area contributed by atoms with Crippen molar-refractivity contribution in [3.05, 3.63) is 41.5 Å². The van der Waals surface area contributed by atoms with Gasteiger partial charge in [0.25, 0.3) is 0 Å². The molecule has 0 saturated carbocycles. The van der Waals surface area contributed by atoms with Crippen molar-refractivity contribution in [2.24, 2.45) is 0 Å². The first-order valence-corrected chi connectivity index (χ1v) is 9.99. The van der Waals surface area contributed by atoms with Crippen molar-refractivity contribution >= 4 is 21.2 Å². The van der Waals surface area contributed by atoms with Gasteiger partial charge in [-0.2, -0.15) is 0 Å². The number of aromatic hydroxyl groups is 1. The number of benzene rings is 2. The van der Waals surface area contributed by atoms with Crippen molar-refractivity contribution in [2.45, 2.75) is 50.8 Å². The van der Waals surface area contributed by atoms with Gasteiger partial charge >= 0.3 is 29.6 Å². The SMILES string of the molecule is CC(C)c1cc(C(C)(C)C)cc(-n2nc3ccc(S(=O)(=O)[O-])cc3n2)c1O.[Na+]. The van der Waals surface area contributed by atoms with Gasteiger partial charge in [0.05, 0.1) is 4.90 Å². The third kappa shape index (κ3) is 4.41. The van der Waals surface area contributed by atoms with Gasteiger partial charge in [0.1, 0.15) is 32.6 Å². The molecule has 1 heterocycles. The summed E-state index contributed by atoms with van der Waals surface area (Å²) in [5.74, 6) is 0.170. The smallest absolute Gasteiger partial charge is 0.744 e. The van der Waals surface area contributed by atoms with Crippen LogP contribution in [0.15, 0.2) is 35.2 Å². The van der Waals surface area contributed by atoms with Gasteiger partial charge in [0, 0.05) is 0 Å². The monoisotopic (exact) mass is 411 g/mol. The first kappa shape index (κ1) is 22.8. The minimum Gasteiger partial charge on any atom is -0.744 e. The molecule has 0 fully saturated rings. The zero-order chi connectivity index (χ0) is 20.1. The second kappa shape index (κ2) is 7.76. The molecule has 28 heavy (non-hydrogen) atoms. The van der Waals surface area contributed by atoms with Gasteiger partial charge < -0.3 is 9.66 Å². The fraction of sp³-hybridized carbons (Fsp3) is 0.368. The molecule has 0 amide bonds. The van der Waals surface area contributed by atoms with E-state index < -0.39 is 10.1 Å². The second-order valence-corrected chi connectivity index (χ2v) is 9.31. The van der Waals surface area contributed by atoms with Crippen LogP contribution in [0.5, 0.6) is 5.75 Å². The van der Waals surface area contributed by atoms with E-state index in [1.807, 2.05) is 26.0 Å². The summed E-state index contributed by atoms with van der Waals surface area (Å²) in [6.45, 7) is 10.2. The molecule has 9 heteroatoms. The Bertz CT molecular complexity index is 1130. The summed E-state index contributed by atoms with van der Waals surface area (Å²) in [5, 5.41) is 19.4.